The van der Waals surface area contributed by atoms with Gasteiger partial charge in [-0.15, -0.1) is 12.6 Å². The second kappa shape index (κ2) is 6.43. The van der Waals surface area contributed by atoms with E-state index < -0.39 is 11.8 Å². The molecule has 2 aromatic carbocycles. The highest BCUT2D eigenvalue weighted by Crippen LogP contribution is 2.16. The van der Waals surface area contributed by atoms with Crippen molar-refractivity contribution >= 4 is 18.6 Å². The first-order valence-electron chi connectivity index (χ1n) is 5.88. The second-order valence-corrected chi connectivity index (χ2v) is 4.60. The molecule has 20 heavy (non-hydrogen) atoms. The first kappa shape index (κ1) is 14.4. The van der Waals surface area contributed by atoms with Crippen LogP contribution in [0.25, 0.3) is 0 Å². The van der Waals surface area contributed by atoms with E-state index in [4.69, 9.17) is 9.47 Å². The van der Waals surface area contributed by atoms with E-state index in [0.29, 0.717) is 10.6 Å². The largest absolute Gasteiger partial charge is 0.497 e. The van der Waals surface area contributed by atoms with Crippen molar-refractivity contribution in [1.29, 1.82) is 0 Å². The minimum Gasteiger partial charge on any atom is -0.497 e. The number of thiol groups is 1. The SMILES string of the molecule is COc1ccc(COC(=O)c2cc(S)ccc2F)cc1. The molecule has 0 fully saturated rings. The number of halogens is 1. The topological polar surface area (TPSA) is 35.5 Å². The van der Waals surface area contributed by atoms with Gasteiger partial charge in [0, 0.05) is 4.90 Å². The maximum atomic E-state index is 13.5. The Morgan fingerprint density at radius 3 is 2.55 bits per heavy atom. The zero-order chi connectivity index (χ0) is 14.5. The number of carbonyl (C=O) groups is 1. The quantitative estimate of drug-likeness (QED) is 0.692. The number of carbonyl (C=O) groups excluding carboxylic acids is 1. The van der Waals surface area contributed by atoms with Gasteiger partial charge in [0.1, 0.15) is 18.2 Å². The molecule has 0 aliphatic carbocycles. The summed E-state index contributed by atoms with van der Waals surface area (Å²) in [7, 11) is 1.57. The molecule has 0 aliphatic heterocycles. The Morgan fingerprint density at radius 1 is 1.20 bits per heavy atom. The average Bonchev–Trinajstić information content (AvgIpc) is 2.47. The molecule has 0 saturated heterocycles. The monoisotopic (exact) mass is 292 g/mol. The number of esters is 1. The Labute approximate surface area is 121 Å². The lowest BCUT2D eigenvalue weighted by molar-refractivity contribution is 0.0467. The summed E-state index contributed by atoms with van der Waals surface area (Å²) in [5, 5.41) is 0. The van der Waals surface area contributed by atoms with Crippen LogP contribution in [0, 0.1) is 5.82 Å². The van der Waals surface area contributed by atoms with Crippen LogP contribution in [0.4, 0.5) is 4.39 Å². The third kappa shape index (κ3) is 3.51. The van der Waals surface area contributed by atoms with Crippen LogP contribution in [0.3, 0.4) is 0 Å². The summed E-state index contributed by atoms with van der Waals surface area (Å²) in [5.74, 6) is -0.620. The van der Waals surface area contributed by atoms with Crippen molar-refractivity contribution in [2.75, 3.05) is 7.11 Å². The van der Waals surface area contributed by atoms with Gasteiger partial charge in [-0.2, -0.15) is 0 Å². The first-order chi connectivity index (χ1) is 9.60. The summed E-state index contributed by atoms with van der Waals surface area (Å²) in [6.07, 6.45) is 0. The number of rotatable bonds is 4. The van der Waals surface area contributed by atoms with E-state index in [2.05, 4.69) is 12.6 Å². The summed E-state index contributed by atoms with van der Waals surface area (Å²) in [6, 6.07) is 11.1. The van der Waals surface area contributed by atoms with E-state index >= 15 is 0 Å². The standard InChI is InChI=1S/C15H13FO3S/c1-18-11-4-2-10(3-5-11)9-19-15(17)13-8-12(20)6-7-14(13)16/h2-8,20H,9H2,1H3. The molecule has 3 nitrogen and oxygen atoms in total. The Morgan fingerprint density at radius 2 is 1.90 bits per heavy atom. The normalized spacial score (nSPS) is 10.2. The number of benzene rings is 2. The van der Waals surface area contributed by atoms with Crippen LogP contribution in [-0.4, -0.2) is 13.1 Å². The third-order valence-electron chi connectivity index (χ3n) is 2.70. The van der Waals surface area contributed by atoms with Gasteiger partial charge in [-0.1, -0.05) is 12.1 Å². The number of ether oxygens (including phenoxy) is 2. The van der Waals surface area contributed by atoms with Crippen molar-refractivity contribution in [2.24, 2.45) is 0 Å². The van der Waals surface area contributed by atoms with Crippen LogP contribution in [-0.2, 0) is 11.3 Å². The van der Waals surface area contributed by atoms with E-state index in [1.54, 1.807) is 31.4 Å². The highest BCUT2D eigenvalue weighted by molar-refractivity contribution is 7.80. The zero-order valence-electron chi connectivity index (χ0n) is 10.8. The van der Waals surface area contributed by atoms with Crippen molar-refractivity contribution in [3.05, 3.63) is 59.4 Å². The molecule has 0 aliphatic rings. The van der Waals surface area contributed by atoms with Crippen molar-refractivity contribution in [3.8, 4) is 5.75 Å². The predicted molar refractivity (Wildman–Crippen MR) is 75.8 cm³/mol. The minimum absolute atomic E-state index is 0.0685. The van der Waals surface area contributed by atoms with Gasteiger partial charge in [-0.05, 0) is 35.9 Å². The molecule has 5 heteroatoms. The molecule has 0 unspecified atom stereocenters. The van der Waals surface area contributed by atoms with Crippen LogP contribution in [0.2, 0.25) is 0 Å². The Kier molecular flexibility index (Phi) is 4.63. The van der Waals surface area contributed by atoms with E-state index in [1.807, 2.05) is 0 Å². The zero-order valence-corrected chi connectivity index (χ0v) is 11.7. The van der Waals surface area contributed by atoms with Gasteiger partial charge in [0.25, 0.3) is 0 Å². The van der Waals surface area contributed by atoms with Crippen LogP contribution < -0.4 is 4.74 Å². The molecule has 0 atom stereocenters. The Balaban J connectivity index is 2.02. The van der Waals surface area contributed by atoms with E-state index in [0.717, 1.165) is 5.56 Å². The molecule has 0 radical (unpaired) electrons. The van der Waals surface area contributed by atoms with Crippen molar-refractivity contribution < 1.29 is 18.7 Å². The van der Waals surface area contributed by atoms with E-state index in [-0.39, 0.29) is 12.2 Å². The highest BCUT2D eigenvalue weighted by atomic mass is 32.1. The molecule has 2 aromatic rings. The van der Waals surface area contributed by atoms with Gasteiger partial charge in [0.15, 0.2) is 0 Å². The van der Waals surface area contributed by atoms with Crippen LogP contribution in [0.5, 0.6) is 5.75 Å². The maximum absolute atomic E-state index is 13.5. The summed E-state index contributed by atoms with van der Waals surface area (Å²) in [4.78, 5) is 12.3. The Hall–Kier alpha value is -2.01. The molecule has 0 aromatic heterocycles. The second-order valence-electron chi connectivity index (χ2n) is 4.09. The van der Waals surface area contributed by atoms with Gasteiger partial charge >= 0.3 is 5.97 Å². The fraction of sp³-hybridized carbons (Fsp3) is 0.133. The van der Waals surface area contributed by atoms with Gasteiger partial charge in [-0.3, -0.25) is 0 Å². The van der Waals surface area contributed by atoms with Crippen molar-refractivity contribution in [1.82, 2.24) is 0 Å². The summed E-state index contributed by atoms with van der Waals surface area (Å²) in [5.41, 5.74) is 0.674. The average molecular weight is 292 g/mol. The molecular weight excluding hydrogens is 279 g/mol. The van der Waals surface area contributed by atoms with E-state index in [1.165, 1.54) is 18.2 Å². The van der Waals surface area contributed by atoms with Crippen LogP contribution >= 0.6 is 12.6 Å². The smallest absolute Gasteiger partial charge is 0.341 e. The lowest BCUT2D eigenvalue weighted by Crippen LogP contribution is -2.07. The van der Waals surface area contributed by atoms with Gasteiger partial charge in [0.2, 0.25) is 0 Å². The van der Waals surface area contributed by atoms with E-state index in [9.17, 15) is 9.18 Å². The molecule has 0 bridgehead atoms. The minimum atomic E-state index is -0.714. The molecule has 0 spiro atoms. The summed E-state index contributed by atoms with van der Waals surface area (Å²) < 4.78 is 23.6. The van der Waals surface area contributed by atoms with Crippen molar-refractivity contribution in [3.63, 3.8) is 0 Å². The van der Waals surface area contributed by atoms with Gasteiger partial charge in [-0.25, -0.2) is 9.18 Å². The fourth-order valence-corrected chi connectivity index (χ4v) is 1.82. The number of hydrogen-bond donors (Lipinski definition) is 1. The highest BCUT2D eigenvalue weighted by Gasteiger charge is 2.13. The molecule has 0 N–H and O–H groups in total. The fourth-order valence-electron chi connectivity index (χ4n) is 1.62. The van der Waals surface area contributed by atoms with Gasteiger partial charge < -0.3 is 9.47 Å². The molecule has 0 heterocycles. The summed E-state index contributed by atoms with van der Waals surface area (Å²) >= 11 is 4.07. The maximum Gasteiger partial charge on any atom is 0.341 e. The molecule has 104 valence electrons. The lowest BCUT2D eigenvalue weighted by Gasteiger charge is -2.07. The molecule has 0 saturated carbocycles. The van der Waals surface area contributed by atoms with Gasteiger partial charge in [0.05, 0.1) is 12.7 Å². The van der Waals surface area contributed by atoms with Crippen molar-refractivity contribution in [2.45, 2.75) is 11.5 Å². The first-order valence-corrected chi connectivity index (χ1v) is 6.33. The van der Waals surface area contributed by atoms with Crippen LogP contribution in [0.15, 0.2) is 47.4 Å². The number of hydrogen-bond acceptors (Lipinski definition) is 4. The predicted octanol–water partition coefficient (Wildman–Crippen LogP) is 3.48. The number of methoxy groups -OCH3 is 1. The molecule has 2 rings (SSSR count). The third-order valence-corrected chi connectivity index (χ3v) is 2.98. The molecule has 0 amide bonds. The van der Waals surface area contributed by atoms with Crippen LogP contribution in [0.1, 0.15) is 15.9 Å². The molecular formula is C15H13FO3S. The lowest BCUT2D eigenvalue weighted by atomic mass is 10.2. The Bertz CT molecular complexity index is 611. The summed E-state index contributed by atoms with van der Waals surface area (Å²) in [6.45, 7) is 0.0685.